The van der Waals surface area contributed by atoms with Gasteiger partial charge in [0.1, 0.15) is 5.75 Å². The number of hydrogen-bond acceptors (Lipinski definition) is 6. The molecule has 0 aliphatic rings. The van der Waals surface area contributed by atoms with E-state index in [4.69, 9.17) is 27.9 Å². The summed E-state index contributed by atoms with van der Waals surface area (Å²) in [7, 11) is -3.42. The monoisotopic (exact) mass is 451 g/mol. The Hall–Kier alpha value is -2.68. The number of anilines is 1. The van der Waals surface area contributed by atoms with E-state index in [1.807, 2.05) is 0 Å². The van der Waals surface area contributed by atoms with E-state index in [1.165, 1.54) is 12.1 Å². The Morgan fingerprint density at radius 1 is 1.07 bits per heavy atom. The molecule has 150 valence electrons. The molecule has 0 unspecified atom stereocenters. The zero-order chi connectivity index (χ0) is 21.0. The van der Waals surface area contributed by atoms with E-state index >= 15 is 0 Å². The van der Waals surface area contributed by atoms with E-state index in [0.29, 0.717) is 32.7 Å². The van der Waals surface area contributed by atoms with E-state index in [2.05, 4.69) is 15.5 Å². The summed E-state index contributed by atoms with van der Waals surface area (Å²) in [6, 6.07) is 14.5. The lowest BCUT2D eigenvalue weighted by Gasteiger charge is -2.10. The van der Waals surface area contributed by atoms with Crippen LogP contribution in [0.1, 0.15) is 0 Å². The van der Waals surface area contributed by atoms with Crippen LogP contribution in [-0.4, -0.2) is 37.4 Å². The summed E-state index contributed by atoms with van der Waals surface area (Å²) in [6.45, 7) is -0.242. The molecule has 2 aromatic carbocycles. The van der Waals surface area contributed by atoms with E-state index in [0.717, 1.165) is 6.26 Å². The van der Waals surface area contributed by atoms with Crippen LogP contribution in [0, 0.1) is 0 Å². The molecule has 29 heavy (non-hydrogen) atoms. The number of amides is 1. The lowest BCUT2D eigenvalue weighted by Crippen LogP contribution is -2.20. The highest BCUT2D eigenvalue weighted by atomic mass is 35.5. The Bertz CT molecular complexity index is 1150. The largest absolute Gasteiger partial charge is 0.482 e. The quantitative estimate of drug-likeness (QED) is 0.610. The van der Waals surface area contributed by atoms with Gasteiger partial charge in [-0.05, 0) is 42.5 Å². The van der Waals surface area contributed by atoms with Gasteiger partial charge in [0.15, 0.2) is 21.5 Å². The average molecular weight is 452 g/mol. The number of rotatable bonds is 6. The molecule has 0 atom stereocenters. The molecule has 0 bridgehead atoms. The molecule has 0 saturated heterocycles. The first kappa shape index (κ1) is 21.0. The first-order valence-corrected chi connectivity index (χ1v) is 10.9. The number of carbonyl (C=O) groups is 1. The Morgan fingerprint density at radius 3 is 2.52 bits per heavy atom. The second-order valence-corrected chi connectivity index (χ2v) is 8.83. The first-order valence-electron chi connectivity index (χ1n) is 8.24. The molecule has 10 heteroatoms. The molecule has 1 aromatic heterocycles. The van der Waals surface area contributed by atoms with Crippen molar-refractivity contribution in [1.82, 2.24) is 10.2 Å². The lowest BCUT2D eigenvalue weighted by atomic mass is 10.1. The van der Waals surface area contributed by atoms with Gasteiger partial charge in [0.2, 0.25) is 0 Å². The van der Waals surface area contributed by atoms with Crippen molar-refractivity contribution in [1.29, 1.82) is 0 Å². The highest BCUT2D eigenvalue weighted by molar-refractivity contribution is 7.90. The van der Waals surface area contributed by atoms with Crippen molar-refractivity contribution in [3.63, 3.8) is 0 Å². The van der Waals surface area contributed by atoms with Crippen LogP contribution in [0.4, 0.5) is 5.69 Å². The van der Waals surface area contributed by atoms with Gasteiger partial charge < -0.3 is 10.1 Å². The molecule has 1 N–H and O–H groups in total. The summed E-state index contributed by atoms with van der Waals surface area (Å²) in [5, 5.41) is 11.0. The van der Waals surface area contributed by atoms with Crippen molar-refractivity contribution in [2.24, 2.45) is 0 Å². The standard InChI is InChI=1S/C19H15Cl2N3O4S/c1-29(26,27)19-8-6-16(23-24-19)12-3-2-4-14(9-12)22-18(25)11-28-17-7-5-13(20)10-15(17)21/h2-10H,11H2,1H3,(H,22,25). The predicted molar refractivity (Wildman–Crippen MR) is 111 cm³/mol. The molecule has 0 fully saturated rings. The van der Waals surface area contributed by atoms with Gasteiger partial charge in [-0.15, -0.1) is 10.2 Å². The summed E-state index contributed by atoms with van der Waals surface area (Å²) >= 11 is 11.8. The molecule has 0 spiro atoms. The van der Waals surface area contributed by atoms with Crippen LogP contribution in [0.15, 0.2) is 59.6 Å². The fourth-order valence-corrected chi connectivity index (χ4v) is 3.33. The molecule has 1 heterocycles. The number of aromatic nitrogens is 2. The van der Waals surface area contributed by atoms with Crippen molar-refractivity contribution in [3.8, 4) is 17.0 Å². The molecule has 0 aliphatic carbocycles. The number of ether oxygens (including phenoxy) is 1. The highest BCUT2D eigenvalue weighted by Gasteiger charge is 2.11. The third-order valence-electron chi connectivity index (χ3n) is 3.71. The van der Waals surface area contributed by atoms with Gasteiger partial charge in [-0.3, -0.25) is 4.79 Å². The molecule has 0 radical (unpaired) electrons. The summed E-state index contributed by atoms with van der Waals surface area (Å²) in [5.74, 6) is -0.0344. The van der Waals surface area contributed by atoms with Crippen LogP contribution in [0.2, 0.25) is 10.0 Å². The van der Waals surface area contributed by atoms with Crippen LogP contribution in [0.5, 0.6) is 5.75 Å². The lowest BCUT2D eigenvalue weighted by molar-refractivity contribution is -0.118. The van der Waals surface area contributed by atoms with Gasteiger partial charge in [-0.1, -0.05) is 35.3 Å². The fourth-order valence-electron chi connectivity index (χ4n) is 2.36. The van der Waals surface area contributed by atoms with Gasteiger partial charge in [0.25, 0.3) is 5.91 Å². The minimum Gasteiger partial charge on any atom is -0.482 e. The molecule has 3 aromatic rings. The van der Waals surface area contributed by atoms with E-state index in [9.17, 15) is 13.2 Å². The normalized spacial score (nSPS) is 11.1. The zero-order valence-electron chi connectivity index (χ0n) is 15.1. The Kier molecular flexibility index (Phi) is 6.36. The van der Waals surface area contributed by atoms with Crippen LogP contribution < -0.4 is 10.1 Å². The van der Waals surface area contributed by atoms with E-state index in [-0.39, 0.29) is 17.5 Å². The third kappa shape index (κ3) is 5.66. The topological polar surface area (TPSA) is 98.2 Å². The van der Waals surface area contributed by atoms with E-state index < -0.39 is 9.84 Å². The number of carbonyl (C=O) groups excluding carboxylic acids is 1. The highest BCUT2D eigenvalue weighted by Crippen LogP contribution is 2.27. The van der Waals surface area contributed by atoms with Crippen molar-refractivity contribution in [3.05, 3.63) is 64.6 Å². The van der Waals surface area contributed by atoms with Crippen LogP contribution >= 0.6 is 23.2 Å². The fraction of sp³-hybridized carbons (Fsp3) is 0.105. The number of benzene rings is 2. The van der Waals surface area contributed by atoms with Crippen molar-refractivity contribution < 1.29 is 17.9 Å². The molecule has 0 aliphatic heterocycles. The van der Waals surface area contributed by atoms with Crippen LogP contribution in [0.25, 0.3) is 11.3 Å². The van der Waals surface area contributed by atoms with Crippen molar-refractivity contribution >= 4 is 44.6 Å². The zero-order valence-corrected chi connectivity index (χ0v) is 17.4. The van der Waals surface area contributed by atoms with Crippen molar-refractivity contribution in [2.75, 3.05) is 18.2 Å². The maximum atomic E-state index is 12.2. The van der Waals surface area contributed by atoms with Gasteiger partial charge in [0.05, 0.1) is 10.7 Å². The van der Waals surface area contributed by atoms with Gasteiger partial charge >= 0.3 is 0 Å². The number of halogens is 2. The van der Waals surface area contributed by atoms with Gasteiger partial charge in [0, 0.05) is 22.5 Å². The maximum Gasteiger partial charge on any atom is 0.262 e. The number of hydrogen-bond donors (Lipinski definition) is 1. The molecule has 0 saturated carbocycles. The second kappa shape index (κ2) is 8.77. The third-order valence-corrected chi connectivity index (χ3v) is 5.22. The number of sulfone groups is 1. The molecule has 7 nitrogen and oxygen atoms in total. The average Bonchev–Trinajstić information content (AvgIpc) is 2.67. The van der Waals surface area contributed by atoms with Crippen LogP contribution in [0.3, 0.4) is 0 Å². The van der Waals surface area contributed by atoms with Gasteiger partial charge in [-0.25, -0.2) is 8.42 Å². The Morgan fingerprint density at radius 2 is 1.86 bits per heavy atom. The minimum atomic E-state index is -3.42. The SMILES string of the molecule is CS(=O)(=O)c1ccc(-c2cccc(NC(=O)COc3ccc(Cl)cc3Cl)c2)nn1. The summed E-state index contributed by atoms with van der Waals surface area (Å²) in [4.78, 5) is 12.2. The smallest absolute Gasteiger partial charge is 0.262 e. The Labute approximate surface area is 177 Å². The van der Waals surface area contributed by atoms with Crippen LogP contribution in [-0.2, 0) is 14.6 Å². The maximum absolute atomic E-state index is 12.2. The molecular formula is C19H15Cl2N3O4S. The summed E-state index contributed by atoms with van der Waals surface area (Å²) < 4.78 is 28.4. The summed E-state index contributed by atoms with van der Waals surface area (Å²) in [6.07, 6.45) is 1.06. The predicted octanol–water partition coefficient (Wildman–Crippen LogP) is 3.87. The second-order valence-electron chi connectivity index (χ2n) is 6.02. The summed E-state index contributed by atoms with van der Waals surface area (Å²) in [5.41, 5.74) is 1.65. The Balaban J connectivity index is 1.67. The minimum absolute atomic E-state index is 0.108. The first-order chi connectivity index (χ1) is 13.7. The molecular weight excluding hydrogens is 437 g/mol. The van der Waals surface area contributed by atoms with Gasteiger partial charge in [-0.2, -0.15) is 0 Å². The number of nitrogens with zero attached hydrogens (tertiary/aromatic N) is 2. The van der Waals surface area contributed by atoms with E-state index in [1.54, 1.807) is 42.5 Å². The molecule has 3 rings (SSSR count). The van der Waals surface area contributed by atoms with Crippen molar-refractivity contribution in [2.45, 2.75) is 5.03 Å². The number of nitrogens with one attached hydrogen (secondary N) is 1. The molecule has 1 amide bonds.